The zero-order valence-corrected chi connectivity index (χ0v) is 10.7. The molecule has 90 valence electrons. The lowest BCUT2D eigenvalue weighted by Crippen LogP contribution is -2.09. The number of hydrogen-bond donors (Lipinski definition) is 2. The van der Waals surface area contributed by atoms with Gasteiger partial charge in [-0.15, -0.1) is 0 Å². The van der Waals surface area contributed by atoms with Crippen molar-refractivity contribution in [3.63, 3.8) is 0 Å². The molecule has 0 unspecified atom stereocenters. The van der Waals surface area contributed by atoms with E-state index in [4.69, 9.17) is 10.6 Å². The van der Waals surface area contributed by atoms with Gasteiger partial charge in [0.15, 0.2) is 0 Å². The molecule has 0 atom stereocenters. The van der Waals surface area contributed by atoms with E-state index in [9.17, 15) is 4.39 Å². The molecule has 0 aliphatic heterocycles. The predicted octanol–water partition coefficient (Wildman–Crippen LogP) is 2.57. The molecule has 3 N–H and O–H groups in total. The van der Waals surface area contributed by atoms with Crippen LogP contribution in [-0.4, -0.2) is 12.1 Å². The average Bonchev–Trinajstić information content (AvgIpc) is 2.33. The fourth-order valence-electron chi connectivity index (χ4n) is 1.66. The van der Waals surface area contributed by atoms with Crippen molar-refractivity contribution >= 4 is 32.5 Å². The molecule has 1 heterocycles. The molecule has 0 amide bonds. The highest BCUT2D eigenvalue weighted by Gasteiger charge is 2.12. The second kappa shape index (κ2) is 4.95. The Bertz CT molecular complexity index is 562. The standard InChI is InChI=1S/C11H11BrFN3O/c1-17-5-6-4-9(16-14)10-7(12)2-3-8(13)11(10)15-6/h2-4H,5,14H2,1H3,(H,15,16). The zero-order chi connectivity index (χ0) is 12.4. The Morgan fingerprint density at radius 3 is 2.94 bits per heavy atom. The van der Waals surface area contributed by atoms with Crippen LogP contribution in [-0.2, 0) is 11.3 Å². The van der Waals surface area contributed by atoms with E-state index in [1.54, 1.807) is 19.2 Å². The van der Waals surface area contributed by atoms with Gasteiger partial charge in [-0.05, 0) is 18.2 Å². The van der Waals surface area contributed by atoms with E-state index in [0.29, 0.717) is 23.4 Å². The molecule has 17 heavy (non-hydrogen) atoms. The number of rotatable bonds is 3. The number of hydrogen-bond acceptors (Lipinski definition) is 4. The topological polar surface area (TPSA) is 60.2 Å². The summed E-state index contributed by atoms with van der Waals surface area (Å²) in [6.45, 7) is 0.302. The van der Waals surface area contributed by atoms with Crippen LogP contribution in [0.5, 0.6) is 0 Å². The first-order valence-corrected chi connectivity index (χ1v) is 5.70. The Kier molecular flexibility index (Phi) is 3.56. The van der Waals surface area contributed by atoms with E-state index in [1.165, 1.54) is 6.07 Å². The molecule has 1 aromatic heterocycles. The van der Waals surface area contributed by atoms with Crippen LogP contribution in [0.2, 0.25) is 0 Å². The number of fused-ring (bicyclic) bond motifs is 1. The number of halogens is 2. The number of nitrogens with zero attached hydrogens (tertiary/aromatic N) is 1. The van der Waals surface area contributed by atoms with Crippen molar-refractivity contribution in [2.24, 2.45) is 5.84 Å². The number of anilines is 1. The van der Waals surface area contributed by atoms with E-state index in [0.717, 1.165) is 4.47 Å². The molecule has 2 aromatic rings. The van der Waals surface area contributed by atoms with Gasteiger partial charge in [-0.1, -0.05) is 15.9 Å². The van der Waals surface area contributed by atoms with Gasteiger partial charge in [0.2, 0.25) is 0 Å². The van der Waals surface area contributed by atoms with Gasteiger partial charge in [-0.3, -0.25) is 5.84 Å². The van der Waals surface area contributed by atoms with Crippen molar-refractivity contribution in [1.29, 1.82) is 0 Å². The first-order chi connectivity index (χ1) is 8.17. The Balaban J connectivity index is 2.77. The average molecular weight is 300 g/mol. The highest BCUT2D eigenvalue weighted by Crippen LogP contribution is 2.31. The summed E-state index contributed by atoms with van der Waals surface area (Å²) in [7, 11) is 1.55. The van der Waals surface area contributed by atoms with Gasteiger partial charge < -0.3 is 10.2 Å². The molecular weight excluding hydrogens is 289 g/mol. The van der Waals surface area contributed by atoms with Gasteiger partial charge in [0, 0.05) is 17.0 Å². The van der Waals surface area contributed by atoms with Crippen LogP contribution in [0.25, 0.3) is 10.9 Å². The summed E-state index contributed by atoms with van der Waals surface area (Å²) in [5, 5.41) is 0.618. The maximum atomic E-state index is 13.7. The van der Waals surface area contributed by atoms with E-state index in [-0.39, 0.29) is 5.52 Å². The van der Waals surface area contributed by atoms with Crippen LogP contribution in [0.15, 0.2) is 22.7 Å². The second-order valence-electron chi connectivity index (χ2n) is 3.49. The monoisotopic (exact) mass is 299 g/mol. The van der Waals surface area contributed by atoms with Crippen LogP contribution < -0.4 is 11.3 Å². The smallest absolute Gasteiger partial charge is 0.149 e. The fraction of sp³-hybridized carbons (Fsp3) is 0.182. The lowest BCUT2D eigenvalue weighted by Gasteiger charge is -2.10. The second-order valence-corrected chi connectivity index (χ2v) is 4.35. The van der Waals surface area contributed by atoms with Crippen LogP contribution in [0.1, 0.15) is 5.69 Å². The molecule has 4 nitrogen and oxygen atoms in total. The molecule has 6 heteroatoms. The SMILES string of the molecule is COCc1cc(NN)c2c(Br)ccc(F)c2n1. The number of aromatic nitrogens is 1. The number of methoxy groups -OCH3 is 1. The number of ether oxygens (including phenoxy) is 1. The van der Waals surface area contributed by atoms with E-state index in [1.807, 2.05) is 0 Å². The third-order valence-electron chi connectivity index (χ3n) is 2.36. The first kappa shape index (κ1) is 12.2. The van der Waals surface area contributed by atoms with Crippen LogP contribution in [0.3, 0.4) is 0 Å². The summed E-state index contributed by atoms with van der Waals surface area (Å²) in [4.78, 5) is 4.21. The maximum absolute atomic E-state index is 13.7. The van der Waals surface area contributed by atoms with Crippen molar-refractivity contribution in [2.75, 3.05) is 12.5 Å². The molecule has 0 radical (unpaired) electrons. The summed E-state index contributed by atoms with van der Waals surface area (Å²) < 4.78 is 19.4. The third kappa shape index (κ3) is 2.24. The van der Waals surface area contributed by atoms with Crippen molar-refractivity contribution in [1.82, 2.24) is 4.98 Å². The van der Waals surface area contributed by atoms with Crippen molar-refractivity contribution in [2.45, 2.75) is 6.61 Å². The lowest BCUT2D eigenvalue weighted by molar-refractivity contribution is 0.182. The van der Waals surface area contributed by atoms with E-state index in [2.05, 4.69) is 26.3 Å². The summed E-state index contributed by atoms with van der Waals surface area (Å²) in [5.74, 6) is 5.05. The molecule has 2 rings (SSSR count). The van der Waals surface area contributed by atoms with Gasteiger partial charge in [0.1, 0.15) is 11.3 Å². The fourth-order valence-corrected chi connectivity index (χ4v) is 2.19. The summed E-state index contributed by atoms with van der Waals surface area (Å²) in [5.41, 5.74) is 4.03. The van der Waals surface area contributed by atoms with Crippen molar-refractivity contribution in [3.8, 4) is 0 Å². The summed E-state index contributed by atoms with van der Waals surface area (Å²) in [6.07, 6.45) is 0. The number of nitrogens with two attached hydrogens (primary N) is 1. The number of nitrogens with one attached hydrogen (secondary N) is 1. The molecule has 0 aliphatic carbocycles. The predicted molar refractivity (Wildman–Crippen MR) is 67.9 cm³/mol. The third-order valence-corrected chi connectivity index (χ3v) is 3.02. The molecule has 1 aromatic carbocycles. The van der Waals surface area contributed by atoms with Gasteiger partial charge in [0.05, 0.1) is 18.0 Å². The van der Waals surface area contributed by atoms with Gasteiger partial charge in [-0.2, -0.15) is 0 Å². The van der Waals surface area contributed by atoms with Gasteiger partial charge >= 0.3 is 0 Å². The lowest BCUT2D eigenvalue weighted by atomic mass is 10.1. The molecular formula is C11H11BrFN3O. The minimum atomic E-state index is -0.391. The highest BCUT2D eigenvalue weighted by molar-refractivity contribution is 9.10. The minimum absolute atomic E-state index is 0.266. The Labute approximate surface area is 106 Å². The van der Waals surface area contributed by atoms with Crippen LogP contribution >= 0.6 is 15.9 Å². The molecule has 0 aliphatic rings. The number of hydrazine groups is 1. The first-order valence-electron chi connectivity index (χ1n) is 4.90. The molecule has 0 fully saturated rings. The van der Waals surface area contributed by atoms with E-state index >= 15 is 0 Å². The van der Waals surface area contributed by atoms with Crippen LogP contribution in [0.4, 0.5) is 10.1 Å². The summed E-state index contributed by atoms with van der Waals surface area (Å²) >= 11 is 3.35. The summed E-state index contributed by atoms with van der Waals surface area (Å²) in [6, 6.07) is 4.71. The molecule has 0 saturated carbocycles. The van der Waals surface area contributed by atoms with Crippen molar-refractivity contribution in [3.05, 3.63) is 34.2 Å². The molecule has 0 spiro atoms. The Morgan fingerprint density at radius 2 is 2.29 bits per heavy atom. The normalized spacial score (nSPS) is 10.8. The maximum Gasteiger partial charge on any atom is 0.149 e. The molecule has 0 saturated heterocycles. The number of benzene rings is 1. The van der Waals surface area contributed by atoms with Crippen LogP contribution in [0, 0.1) is 5.82 Å². The highest BCUT2D eigenvalue weighted by atomic mass is 79.9. The Morgan fingerprint density at radius 1 is 1.53 bits per heavy atom. The minimum Gasteiger partial charge on any atom is -0.378 e. The van der Waals surface area contributed by atoms with Gasteiger partial charge in [0.25, 0.3) is 0 Å². The number of nitrogen functional groups attached to an aromatic ring is 1. The van der Waals surface area contributed by atoms with Gasteiger partial charge in [-0.25, -0.2) is 9.37 Å². The number of pyridine rings is 1. The van der Waals surface area contributed by atoms with E-state index < -0.39 is 5.82 Å². The molecule has 0 bridgehead atoms. The Hall–Kier alpha value is -1.24. The zero-order valence-electron chi connectivity index (χ0n) is 9.13. The largest absolute Gasteiger partial charge is 0.378 e. The quantitative estimate of drug-likeness (QED) is 0.675. The van der Waals surface area contributed by atoms with Crippen molar-refractivity contribution < 1.29 is 9.13 Å².